The molecule has 0 atom stereocenters. The number of nitrogens with one attached hydrogen (secondary N) is 1. The summed E-state index contributed by atoms with van der Waals surface area (Å²) in [6.45, 7) is 5.95. The Bertz CT molecular complexity index is 581. The van der Waals surface area contributed by atoms with Gasteiger partial charge in [0.05, 0.1) is 7.11 Å². The molecule has 0 radical (unpaired) electrons. The van der Waals surface area contributed by atoms with Crippen LogP contribution in [-0.4, -0.2) is 25.2 Å². The first-order valence-electron chi connectivity index (χ1n) is 6.93. The molecule has 108 valence electrons. The molecule has 0 spiro atoms. The van der Waals surface area contributed by atoms with Crippen molar-refractivity contribution in [2.75, 3.05) is 25.5 Å². The second kappa shape index (κ2) is 6.09. The van der Waals surface area contributed by atoms with E-state index in [2.05, 4.69) is 30.2 Å². The Hall–Kier alpha value is -1.81. The second-order valence-electron chi connectivity index (χ2n) is 5.77. The number of pyridine rings is 1. The fourth-order valence-electron chi connectivity index (χ4n) is 2.30. The molecule has 2 aromatic rings. The third-order valence-electron chi connectivity index (χ3n) is 3.54. The van der Waals surface area contributed by atoms with Crippen LogP contribution in [0, 0.1) is 5.41 Å². The molecule has 0 fully saturated rings. The number of fused-ring (bicyclic) bond motifs is 1. The Morgan fingerprint density at radius 1 is 1.25 bits per heavy atom. The zero-order valence-electron chi connectivity index (χ0n) is 12.4. The highest BCUT2D eigenvalue weighted by Crippen LogP contribution is 2.30. The van der Waals surface area contributed by atoms with Gasteiger partial charge >= 0.3 is 0 Å². The number of aromatic nitrogens is 1. The first-order chi connectivity index (χ1) is 9.57. The van der Waals surface area contributed by atoms with Gasteiger partial charge in [-0.15, -0.1) is 0 Å². The number of hydrogen-bond acceptors (Lipinski definition) is 4. The Morgan fingerprint density at radius 2 is 2.05 bits per heavy atom. The number of hydrogen-bond donors (Lipinski definition) is 2. The SMILES string of the molecule is COc1cccc2c(NCC(C)(C)CCN)nccc12. The molecular weight excluding hydrogens is 250 g/mol. The van der Waals surface area contributed by atoms with Crippen molar-refractivity contribution in [1.29, 1.82) is 0 Å². The fraction of sp³-hybridized carbons (Fsp3) is 0.438. The Labute approximate surface area is 120 Å². The number of nitrogens with zero attached hydrogens (tertiary/aromatic N) is 1. The molecule has 20 heavy (non-hydrogen) atoms. The van der Waals surface area contributed by atoms with Gasteiger partial charge in [0.1, 0.15) is 11.6 Å². The van der Waals surface area contributed by atoms with Crippen molar-refractivity contribution in [3.05, 3.63) is 30.5 Å². The van der Waals surface area contributed by atoms with Gasteiger partial charge in [-0.2, -0.15) is 0 Å². The van der Waals surface area contributed by atoms with Crippen LogP contribution >= 0.6 is 0 Å². The smallest absolute Gasteiger partial charge is 0.133 e. The summed E-state index contributed by atoms with van der Waals surface area (Å²) in [5, 5.41) is 5.59. The van der Waals surface area contributed by atoms with Crippen LogP contribution < -0.4 is 15.8 Å². The monoisotopic (exact) mass is 273 g/mol. The van der Waals surface area contributed by atoms with E-state index in [4.69, 9.17) is 10.5 Å². The van der Waals surface area contributed by atoms with Crippen molar-refractivity contribution in [3.8, 4) is 5.75 Å². The number of rotatable bonds is 6. The summed E-state index contributed by atoms with van der Waals surface area (Å²) in [4.78, 5) is 4.45. The molecule has 4 heteroatoms. The number of ether oxygens (including phenoxy) is 1. The number of benzene rings is 1. The molecule has 1 heterocycles. The zero-order valence-corrected chi connectivity index (χ0v) is 12.4. The van der Waals surface area contributed by atoms with Crippen molar-refractivity contribution in [1.82, 2.24) is 4.98 Å². The van der Waals surface area contributed by atoms with Crippen LogP contribution in [0.5, 0.6) is 5.75 Å². The Kier molecular flexibility index (Phi) is 4.45. The van der Waals surface area contributed by atoms with E-state index < -0.39 is 0 Å². The molecule has 1 aromatic carbocycles. The van der Waals surface area contributed by atoms with E-state index in [-0.39, 0.29) is 5.41 Å². The molecule has 0 aliphatic heterocycles. The third kappa shape index (κ3) is 3.20. The van der Waals surface area contributed by atoms with E-state index in [1.165, 1.54) is 0 Å². The lowest BCUT2D eigenvalue weighted by Crippen LogP contribution is -2.26. The minimum Gasteiger partial charge on any atom is -0.496 e. The Morgan fingerprint density at radius 3 is 2.75 bits per heavy atom. The van der Waals surface area contributed by atoms with E-state index >= 15 is 0 Å². The minimum atomic E-state index is 0.150. The summed E-state index contributed by atoms with van der Waals surface area (Å²) in [6.07, 6.45) is 2.79. The van der Waals surface area contributed by atoms with Gasteiger partial charge in [0.2, 0.25) is 0 Å². The number of methoxy groups -OCH3 is 1. The van der Waals surface area contributed by atoms with E-state index in [9.17, 15) is 0 Å². The van der Waals surface area contributed by atoms with Gasteiger partial charge in [-0.25, -0.2) is 4.98 Å². The predicted molar refractivity (Wildman–Crippen MR) is 84.2 cm³/mol. The maximum Gasteiger partial charge on any atom is 0.133 e. The molecule has 0 aliphatic rings. The lowest BCUT2D eigenvalue weighted by atomic mass is 9.89. The molecular formula is C16H23N3O. The van der Waals surface area contributed by atoms with E-state index in [0.717, 1.165) is 35.3 Å². The van der Waals surface area contributed by atoms with Gasteiger partial charge in [-0.3, -0.25) is 0 Å². The van der Waals surface area contributed by atoms with Gasteiger partial charge < -0.3 is 15.8 Å². The summed E-state index contributed by atoms with van der Waals surface area (Å²) >= 11 is 0. The van der Waals surface area contributed by atoms with Crippen LogP contribution in [0.2, 0.25) is 0 Å². The standard InChI is InChI=1S/C16H23N3O/c1-16(2,8-9-17)11-19-15-13-5-4-6-14(20-3)12(13)7-10-18-15/h4-7,10H,8-9,11,17H2,1-3H3,(H,18,19). The van der Waals surface area contributed by atoms with Gasteiger partial charge in [0.25, 0.3) is 0 Å². The van der Waals surface area contributed by atoms with Crippen LogP contribution in [0.25, 0.3) is 10.8 Å². The van der Waals surface area contributed by atoms with Crippen LogP contribution in [-0.2, 0) is 0 Å². The highest BCUT2D eigenvalue weighted by atomic mass is 16.5. The molecule has 0 unspecified atom stereocenters. The van der Waals surface area contributed by atoms with Gasteiger partial charge in [-0.05, 0) is 30.5 Å². The topological polar surface area (TPSA) is 60.2 Å². The number of nitrogens with two attached hydrogens (primary N) is 1. The molecule has 1 aromatic heterocycles. The summed E-state index contributed by atoms with van der Waals surface area (Å²) in [7, 11) is 1.69. The molecule has 0 saturated carbocycles. The average molecular weight is 273 g/mol. The molecule has 0 bridgehead atoms. The molecule has 0 aliphatic carbocycles. The van der Waals surface area contributed by atoms with Crippen molar-refractivity contribution in [3.63, 3.8) is 0 Å². The maximum atomic E-state index is 5.65. The molecule has 0 amide bonds. The average Bonchev–Trinajstić information content (AvgIpc) is 2.44. The van der Waals surface area contributed by atoms with E-state index in [0.29, 0.717) is 6.54 Å². The van der Waals surface area contributed by atoms with E-state index in [1.54, 1.807) is 7.11 Å². The van der Waals surface area contributed by atoms with Gasteiger partial charge in [0.15, 0.2) is 0 Å². The van der Waals surface area contributed by atoms with Crippen molar-refractivity contribution >= 4 is 16.6 Å². The molecule has 2 rings (SSSR count). The summed E-state index contributed by atoms with van der Waals surface area (Å²) in [6, 6.07) is 7.98. The summed E-state index contributed by atoms with van der Waals surface area (Å²) in [5.41, 5.74) is 5.80. The molecule has 3 N–H and O–H groups in total. The van der Waals surface area contributed by atoms with Crippen LogP contribution in [0.1, 0.15) is 20.3 Å². The highest BCUT2D eigenvalue weighted by molar-refractivity contribution is 5.95. The van der Waals surface area contributed by atoms with Gasteiger partial charge in [0, 0.05) is 23.5 Å². The summed E-state index contributed by atoms with van der Waals surface area (Å²) in [5.74, 6) is 1.76. The lowest BCUT2D eigenvalue weighted by molar-refractivity contribution is 0.365. The van der Waals surface area contributed by atoms with Crippen molar-refractivity contribution in [2.24, 2.45) is 11.1 Å². The van der Waals surface area contributed by atoms with Crippen LogP contribution in [0.15, 0.2) is 30.5 Å². The van der Waals surface area contributed by atoms with Crippen LogP contribution in [0.3, 0.4) is 0 Å². The minimum absolute atomic E-state index is 0.150. The lowest BCUT2D eigenvalue weighted by Gasteiger charge is -2.24. The van der Waals surface area contributed by atoms with E-state index in [1.807, 2.05) is 24.4 Å². The number of anilines is 1. The Balaban J connectivity index is 2.27. The predicted octanol–water partition coefficient (Wildman–Crippen LogP) is 3.03. The second-order valence-corrected chi connectivity index (χ2v) is 5.77. The molecule has 0 saturated heterocycles. The highest BCUT2D eigenvalue weighted by Gasteiger charge is 2.17. The molecule has 4 nitrogen and oxygen atoms in total. The largest absolute Gasteiger partial charge is 0.496 e. The first-order valence-corrected chi connectivity index (χ1v) is 6.93. The van der Waals surface area contributed by atoms with Crippen molar-refractivity contribution < 1.29 is 4.74 Å². The first kappa shape index (κ1) is 14.6. The van der Waals surface area contributed by atoms with Crippen molar-refractivity contribution in [2.45, 2.75) is 20.3 Å². The van der Waals surface area contributed by atoms with Gasteiger partial charge in [-0.1, -0.05) is 26.0 Å². The normalized spacial score (nSPS) is 11.6. The zero-order chi connectivity index (χ0) is 14.6. The maximum absolute atomic E-state index is 5.65. The third-order valence-corrected chi connectivity index (χ3v) is 3.54. The summed E-state index contributed by atoms with van der Waals surface area (Å²) < 4.78 is 5.39. The fourth-order valence-corrected chi connectivity index (χ4v) is 2.30. The van der Waals surface area contributed by atoms with Crippen LogP contribution in [0.4, 0.5) is 5.82 Å². The quantitative estimate of drug-likeness (QED) is 0.849.